The molecule has 0 amide bonds. The molecule has 0 aliphatic heterocycles. The zero-order valence-electron chi connectivity index (χ0n) is 11.5. The highest BCUT2D eigenvalue weighted by atomic mass is 16.5. The van der Waals surface area contributed by atoms with E-state index in [-0.39, 0.29) is 0 Å². The molecule has 0 radical (unpaired) electrons. The summed E-state index contributed by atoms with van der Waals surface area (Å²) in [6.07, 6.45) is 1.72. The van der Waals surface area contributed by atoms with Gasteiger partial charge in [0.2, 0.25) is 11.8 Å². The molecule has 2 aromatic heterocycles. The molecule has 0 aliphatic carbocycles. The molecule has 0 bridgehead atoms. The van der Waals surface area contributed by atoms with Crippen molar-refractivity contribution in [2.24, 2.45) is 0 Å². The van der Waals surface area contributed by atoms with Crippen molar-refractivity contribution in [1.29, 1.82) is 0 Å². The first-order valence-corrected chi connectivity index (χ1v) is 6.32. The highest BCUT2D eigenvalue weighted by molar-refractivity contribution is 5.33. The molecule has 0 fully saturated rings. The maximum Gasteiger partial charge on any atom is 0.223 e. The Hall–Kier alpha value is -2.17. The van der Waals surface area contributed by atoms with E-state index in [0.29, 0.717) is 25.0 Å². The van der Waals surface area contributed by atoms with Crippen LogP contribution in [0.5, 0.6) is 5.88 Å². The number of nitrogens with one attached hydrogen (secondary N) is 1. The van der Waals surface area contributed by atoms with Gasteiger partial charge >= 0.3 is 0 Å². The first kappa shape index (κ1) is 13.3. The highest BCUT2D eigenvalue weighted by Crippen LogP contribution is 2.15. The molecule has 5 nitrogen and oxygen atoms in total. The van der Waals surface area contributed by atoms with Crippen molar-refractivity contribution in [3.05, 3.63) is 41.3 Å². The van der Waals surface area contributed by atoms with Gasteiger partial charge in [-0.15, -0.1) is 0 Å². The summed E-state index contributed by atoms with van der Waals surface area (Å²) in [4.78, 5) is 12.9. The van der Waals surface area contributed by atoms with Gasteiger partial charge in [0.25, 0.3) is 0 Å². The number of anilines is 1. The van der Waals surface area contributed by atoms with E-state index in [4.69, 9.17) is 4.74 Å². The third kappa shape index (κ3) is 3.64. The van der Waals surface area contributed by atoms with Gasteiger partial charge in [0.05, 0.1) is 6.61 Å². The molecule has 2 rings (SSSR count). The van der Waals surface area contributed by atoms with Gasteiger partial charge in [-0.25, -0.2) is 15.0 Å². The van der Waals surface area contributed by atoms with E-state index in [0.717, 1.165) is 17.0 Å². The second-order valence-corrected chi connectivity index (χ2v) is 4.23. The largest absolute Gasteiger partial charge is 0.478 e. The molecule has 0 atom stereocenters. The predicted molar refractivity (Wildman–Crippen MR) is 74.2 cm³/mol. The molecular formula is C14H18N4O. The summed E-state index contributed by atoms with van der Waals surface area (Å²) >= 11 is 0. The van der Waals surface area contributed by atoms with Crippen LogP contribution < -0.4 is 10.1 Å². The van der Waals surface area contributed by atoms with Crippen molar-refractivity contribution in [1.82, 2.24) is 15.0 Å². The highest BCUT2D eigenvalue weighted by Gasteiger charge is 2.05. The van der Waals surface area contributed by atoms with E-state index in [1.54, 1.807) is 6.20 Å². The zero-order chi connectivity index (χ0) is 13.7. The Morgan fingerprint density at radius 1 is 1.21 bits per heavy atom. The minimum Gasteiger partial charge on any atom is -0.478 e. The summed E-state index contributed by atoms with van der Waals surface area (Å²) in [6.45, 7) is 7.04. The second kappa shape index (κ2) is 6.13. The van der Waals surface area contributed by atoms with Crippen LogP contribution in [0, 0.1) is 13.8 Å². The molecule has 19 heavy (non-hydrogen) atoms. The minimum absolute atomic E-state index is 0.589. The van der Waals surface area contributed by atoms with Crippen LogP contribution >= 0.6 is 0 Å². The van der Waals surface area contributed by atoms with Crippen LogP contribution in [0.4, 0.5) is 5.95 Å². The van der Waals surface area contributed by atoms with Crippen LogP contribution in [-0.2, 0) is 6.54 Å². The van der Waals surface area contributed by atoms with E-state index >= 15 is 0 Å². The van der Waals surface area contributed by atoms with Gasteiger partial charge in [-0.05, 0) is 32.9 Å². The summed E-state index contributed by atoms with van der Waals surface area (Å²) in [5.74, 6) is 1.28. The average molecular weight is 258 g/mol. The smallest absolute Gasteiger partial charge is 0.223 e. The van der Waals surface area contributed by atoms with Crippen molar-refractivity contribution in [2.75, 3.05) is 11.9 Å². The second-order valence-electron chi connectivity index (χ2n) is 4.23. The van der Waals surface area contributed by atoms with E-state index in [9.17, 15) is 0 Å². The number of rotatable bonds is 5. The third-order valence-corrected chi connectivity index (χ3v) is 2.55. The van der Waals surface area contributed by atoms with Crippen molar-refractivity contribution in [3.8, 4) is 5.88 Å². The molecule has 0 aliphatic rings. The van der Waals surface area contributed by atoms with E-state index in [1.165, 1.54) is 0 Å². The van der Waals surface area contributed by atoms with Crippen LogP contribution in [0.25, 0.3) is 0 Å². The Morgan fingerprint density at radius 3 is 2.63 bits per heavy atom. The normalized spacial score (nSPS) is 10.3. The van der Waals surface area contributed by atoms with Crippen LogP contribution in [0.3, 0.4) is 0 Å². The standard InChI is InChI=1S/C14H18N4O/c1-4-19-13-12(6-5-7-15-13)9-16-14-17-10(2)8-11(3)18-14/h5-8H,4,9H2,1-3H3,(H,16,17,18). The molecule has 5 heteroatoms. The first-order chi connectivity index (χ1) is 9.19. The van der Waals surface area contributed by atoms with Crippen molar-refractivity contribution >= 4 is 5.95 Å². The monoisotopic (exact) mass is 258 g/mol. The third-order valence-electron chi connectivity index (χ3n) is 2.55. The van der Waals surface area contributed by atoms with Crippen molar-refractivity contribution in [2.45, 2.75) is 27.3 Å². The number of hydrogen-bond acceptors (Lipinski definition) is 5. The Kier molecular flexibility index (Phi) is 4.28. The van der Waals surface area contributed by atoms with Gasteiger partial charge in [-0.3, -0.25) is 0 Å². The van der Waals surface area contributed by atoms with Gasteiger partial charge in [-0.2, -0.15) is 0 Å². The molecule has 2 heterocycles. The van der Waals surface area contributed by atoms with Gasteiger partial charge in [0.1, 0.15) is 0 Å². The number of hydrogen-bond donors (Lipinski definition) is 1. The molecule has 100 valence electrons. The number of aryl methyl sites for hydroxylation is 2. The molecule has 1 N–H and O–H groups in total. The van der Waals surface area contributed by atoms with Gasteiger partial charge in [0, 0.05) is 29.7 Å². The topological polar surface area (TPSA) is 59.9 Å². The number of nitrogens with zero attached hydrogens (tertiary/aromatic N) is 3. The fourth-order valence-corrected chi connectivity index (χ4v) is 1.80. The maximum atomic E-state index is 5.48. The summed E-state index contributed by atoms with van der Waals surface area (Å²) in [6, 6.07) is 5.82. The average Bonchev–Trinajstić information content (AvgIpc) is 2.37. The minimum atomic E-state index is 0.589. The lowest BCUT2D eigenvalue weighted by molar-refractivity contribution is 0.323. The van der Waals surface area contributed by atoms with Crippen LogP contribution in [0.2, 0.25) is 0 Å². The quantitative estimate of drug-likeness (QED) is 0.892. The lowest BCUT2D eigenvalue weighted by atomic mass is 10.2. The van der Waals surface area contributed by atoms with Gasteiger partial charge < -0.3 is 10.1 Å². The fourth-order valence-electron chi connectivity index (χ4n) is 1.80. The maximum absolute atomic E-state index is 5.48. The Bertz CT molecular complexity index is 537. The lowest BCUT2D eigenvalue weighted by Gasteiger charge is -2.10. The van der Waals surface area contributed by atoms with Crippen molar-refractivity contribution in [3.63, 3.8) is 0 Å². The molecule has 0 unspecified atom stereocenters. The lowest BCUT2D eigenvalue weighted by Crippen LogP contribution is -2.07. The van der Waals surface area contributed by atoms with Crippen LogP contribution in [0.15, 0.2) is 24.4 Å². The van der Waals surface area contributed by atoms with E-state index in [1.807, 2.05) is 39.0 Å². The van der Waals surface area contributed by atoms with Crippen LogP contribution in [0.1, 0.15) is 23.9 Å². The summed E-state index contributed by atoms with van der Waals surface area (Å²) in [7, 11) is 0. The molecular weight excluding hydrogens is 240 g/mol. The first-order valence-electron chi connectivity index (χ1n) is 6.32. The van der Waals surface area contributed by atoms with E-state index in [2.05, 4.69) is 20.3 Å². The molecule has 0 spiro atoms. The van der Waals surface area contributed by atoms with Crippen molar-refractivity contribution < 1.29 is 4.74 Å². The molecule has 2 aromatic rings. The fraction of sp³-hybridized carbons (Fsp3) is 0.357. The molecule has 0 saturated carbocycles. The van der Waals surface area contributed by atoms with Gasteiger partial charge in [-0.1, -0.05) is 6.07 Å². The Balaban J connectivity index is 2.09. The zero-order valence-corrected chi connectivity index (χ0v) is 11.5. The molecule has 0 aromatic carbocycles. The van der Waals surface area contributed by atoms with E-state index < -0.39 is 0 Å². The molecule has 0 saturated heterocycles. The SMILES string of the molecule is CCOc1ncccc1CNc1nc(C)cc(C)n1. The number of aromatic nitrogens is 3. The number of ether oxygens (including phenoxy) is 1. The summed E-state index contributed by atoms with van der Waals surface area (Å²) < 4.78 is 5.48. The van der Waals surface area contributed by atoms with Crippen LogP contribution in [-0.4, -0.2) is 21.6 Å². The Labute approximate surface area is 113 Å². The number of pyridine rings is 1. The summed E-state index contributed by atoms with van der Waals surface area (Å²) in [5, 5.41) is 3.20. The van der Waals surface area contributed by atoms with Gasteiger partial charge in [0.15, 0.2) is 0 Å². The predicted octanol–water partition coefficient (Wildman–Crippen LogP) is 2.50. The summed E-state index contributed by atoms with van der Waals surface area (Å²) in [5.41, 5.74) is 2.89. The Morgan fingerprint density at radius 2 is 1.95 bits per heavy atom.